The molecule has 38 heavy (non-hydrogen) atoms. The number of nitro benzene ring substituents is 1. The van der Waals surface area contributed by atoms with Crippen molar-refractivity contribution in [3.63, 3.8) is 0 Å². The zero-order valence-electron chi connectivity index (χ0n) is 17.3. The van der Waals surface area contributed by atoms with Gasteiger partial charge in [0.2, 0.25) is 0 Å². The lowest BCUT2D eigenvalue weighted by atomic mass is 9.89. The first-order valence-electron chi connectivity index (χ1n) is 8.74. The smallest absolute Gasteiger partial charge is 0.315 e. The molecule has 0 aliphatic carbocycles. The summed E-state index contributed by atoms with van der Waals surface area (Å²) in [5.41, 5.74) is -2.91. The summed E-state index contributed by atoms with van der Waals surface area (Å²) in [7, 11) is 0. The number of carbonyl (C=O) groups excluding carboxylic acids is 1. The van der Waals surface area contributed by atoms with Crippen LogP contribution in [0.3, 0.4) is 0 Å². The molecule has 1 aromatic rings. The van der Waals surface area contributed by atoms with E-state index in [1.54, 1.807) is 0 Å². The molecular formula is C16H7ClF16N2O3. The molecular weight excluding hydrogens is 608 g/mol. The maximum Gasteiger partial charge on any atom is 0.393 e. The van der Waals surface area contributed by atoms with Crippen molar-refractivity contribution in [1.82, 2.24) is 0 Å². The number of alkyl halides is 17. The summed E-state index contributed by atoms with van der Waals surface area (Å²) >= 11 is 3.41. The monoisotopic (exact) mass is 614 g/mol. The topological polar surface area (TPSA) is 72.2 Å². The second kappa shape index (κ2) is 9.18. The molecule has 0 aromatic heterocycles. The molecule has 0 spiro atoms. The minimum atomic E-state index is -8.74. The van der Waals surface area contributed by atoms with Crippen LogP contribution in [0.25, 0.3) is 0 Å². The Bertz CT molecular complexity index is 1100. The molecule has 0 bridgehead atoms. The quantitative estimate of drug-likeness (QED) is 0.132. The fourth-order valence-corrected chi connectivity index (χ4v) is 2.52. The largest absolute Gasteiger partial charge is 0.393 e. The van der Waals surface area contributed by atoms with Crippen LogP contribution >= 0.6 is 11.6 Å². The minimum Gasteiger partial charge on any atom is -0.315 e. The summed E-state index contributed by atoms with van der Waals surface area (Å²) in [5.74, 6) is -61.7. The number of hydrogen-bond donors (Lipinski definition) is 1. The predicted molar refractivity (Wildman–Crippen MR) is 91.9 cm³/mol. The molecule has 218 valence electrons. The van der Waals surface area contributed by atoms with Crippen LogP contribution in [0.5, 0.6) is 0 Å². The van der Waals surface area contributed by atoms with Gasteiger partial charge in [-0.05, 0) is 30.2 Å². The Morgan fingerprint density at radius 2 is 1.11 bits per heavy atom. The highest BCUT2D eigenvalue weighted by Crippen LogP contribution is 2.64. The van der Waals surface area contributed by atoms with Gasteiger partial charge in [-0.3, -0.25) is 14.9 Å². The van der Waals surface area contributed by atoms with Crippen LogP contribution in [0.1, 0.15) is 5.56 Å². The van der Waals surface area contributed by atoms with E-state index < -0.39 is 69.0 Å². The van der Waals surface area contributed by atoms with Crippen LogP contribution in [0, 0.1) is 17.0 Å². The first-order valence-corrected chi connectivity index (χ1v) is 9.12. The Morgan fingerprint density at radius 3 is 1.47 bits per heavy atom. The van der Waals surface area contributed by atoms with Gasteiger partial charge in [-0.25, -0.2) is 0 Å². The van der Waals surface area contributed by atoms with E-state index in [1.807, 2.05) is 0 Å². The SMILES string of the molecule is Cc1ccc(NC(=O)C(F)(F)C(F)(F)C(F)(F)C(F)(F)C(F)(F)C(F)(F)C(F)(F)C(F)(F)Cl)c([N+](=O)[O-])c1. The summed E-state index contributed by atoms with van der Waals surface area (Å²) in [4.78, 5) is 20.9. The maximum atomic E-state index is 14.0. The molecule has 0 aliphatic heterocycles. The molecule has 0 saturated heterocycles. The summed E-state index contributed by atoms with van der Waals surface area (Å²) < 4.78 is 215. The predicted octanol–water partition coefficient (Wildman–Crippen LogP) is 7.12. The Hall–Kier alpha value is -2.74. The lowest BCUT2D eigenvalue weighted by Crippen LogP contribution is -2.75. The number of hydrogen-bond acceptors (Lipinski definition) is 3. The third-order valence-electron chi connectivity index (χ3n) is 4.61. The minimum absolute atomic E-state index is 0.0551. The molecule has 0 aliphatic rings. The average molecular weight is 615 g/mol. The number of nitro groups is 1. The number of nitrogens with one attached hydrogen (secondary N) is 1. The molecule has 0 saturated carbocycles. The molecule has 1 aromatic carbocycles. The van der Waals surface area contributed by atoms with E-state index in [0.717, 1.165) is 13.0 Å². The zero-order valence-corrected chi connectivity index (χ0v) is 18.1. The van der Waals surface area contributed by atoms with Gasteiger partial charge in [-0.15, -0.1) is 0 Å². The number of benzene rings is 1. The van der Waals surface area contributed by atoms with E-state index in [4.69, 9.17) is 0 Å². The molecule has 0 fully saturated rings. The van der Waals surface area contributed by atoms with Gasteiger partial charge in [0, 0.05) is 6.07 Å². The molecule has 5 nitrogen and oxygen atoms in total. The number of anilines is 1. The van der Waals surface area contributed by atoms with Gasteiger partial charge in [0.05, 0.1) is 4.92 Å². The Kier molecular flexibility index (Phi) is 8.04. The normalized spacial score (nSPS) is 14.9. The van der Waals surface area contributed by atoms with Crippen molar-refractivity contribution in [3.05, 3.63) is 33.9 Å². The average Bonchev–Trinajstić information content (AvgIpc) is 2.72. The molecule has 1 amide bonds. The molecule has 22 heteroatoms. The third kappa shape index (κ3) is 4.55. The number of amides is 1. The summed E-state index contributed by atoms with van der Waals surface area (Å²) in [6.07, 6.45) is 0. The first-order chi connectivity index (χ1) is 16.5. The lowest BCUT2D eigenvalue weighted by molar-refractivity contribution is -0.445. The van der Waals surface area contributed by atoms with Crippen LogP contribution in [0.15, 0.2) is 18.2 Å². The fourth-order valence-electron chi connectivity index (χ4n) is 2.41. The second-order valence-electron chi connectivity index (χ2n) is 7.25. The third-order valence-corrected chi connectivity index (χ3v) is 4.84. The van der Waals surface area contributed by atoms with Crippen molar-refractivity contribution < 1.29 is 80.0 Å². The van der Waals surface area contributed by atoms with E-state index in [2.05, 4.69) is 11.6 Å². The molecule has 0 heterocycles. The zero-order chi connectivity index (χ0) is 30.7. The Labute approximate surface area is 202 Å². The van der Waals surface area contributed by atoms with Gasteiger partial charge in [0.15, 0.2) is 0 Å². The summed E-state index contributed by atoms with van der Waals surface area (Å²) in [6.45, 7) is 1.11. The van der Waals surface area contributed by atoms with Gasteiger partial charge in [0.1, 0.15) is 5.69 Å². The molecule has 1 rings (SSSR count). The molecule has 0 unspecified atom stereocenters. The highest BCUT2D eigenvalue weighted by atomic mass is 35.5. The van der Waals surface area contributed by atoms with E-state index >= 15 is 0 Å². The second-order valence-corrected chi connectivity index (χ2v) is 7.73. The van der Waals surface area contributed by atoms with Crippen molar-refractivity contribution in [2.75, 3.05) is 5.32 Å². The molecule has 0 atom stereocenters. The molecule has 0 radical (unpaired) electrons. The Morgan fingerprint density at radius 1 is 0.737 bits per heavy atom. The number of aryl methyl sites for hydroxylation is 1. The van der Waals surface area contributed by atoms with E-state index in [1.165, 1.54) is 0 Å². The summed E-state index contributed by atoms with van der Waals surface area (Å²) in [5, 5.41) is 4.49. The highest BCUT2D eigenvalue weighted by molar-refractivity contribution is 6.22. The highest BCUT2D eigenvalue weighted by Gasteiger charge is 2.95. The van der Waals surface area contributed by atoms with Crippen LogP contribution in [-0.4, -0.2) is 57.7 Å². The first kappa shape index (κ1) is 33.3. The van der Waals surface area contributed by atoms with Crippen LogP contribution in [0.4, 0.5) is 81.6 Å². The van der Waals surface area contributed by atoms with Crippen molar-refractivity contribution in [3.8, 4) is 0 Å². The fraction of sp³-hybridized carbons (Fsp3) is 0.562. The van der Waals surface area contributed by atoms with Gasteiger partial charge in [-0.2, -0.15) is 70.2 Å². The maximum absolute atomic E-state index is 14.0. The number of carbonyl (C=O) groups is 1. The standard InChI is InChI=1S/C16H7ClF16N2O3/c1-5-2-3-6(7(4-5)35(37)38)34-8(36)9(18,19)10(20,21)11(22,23)12(24,25)13(26,27)14(28,29)15(30,31)16(17,32)33/h2-4H,1H3,(H,34,36). The van der Waals surface area contributed by atoms with Gasteiger partial charge < -0.3 is 5.32 Å². The van der Waals surface area contributed by atoms with Crippen molar-refractivity contribution in [2.45, 2.75) is 53.8 Å². The van der Waals surface area contributed by atoms with Gasteiger partial charge in [0.25, 0.3) is 5.69 Å². The Balaban J connectivity index is 3.64. The van der Waals surface area contributed by atoms with E-state index in [-0.39, 0.29) is 5.56 Å². The number of halogens is 17. The number of rotatable bonds is 10. The van der Waals surface area contributed by atoms with Crippen molar-refractivity contribution in [2.24, 2.45) is 0 Å². The van der Waals surface area contributed by atoms with E-state index in [0.29, 0.717) is 17.4 Å². The van der Waals surface area contributed by atoms with Crippen LogP contribution < -0.4 is 5.32 Å². The molecule has 1 N–H and O–H groups in total. The summed E-state index contributed by atoms with van der Waals surface area (Å²) in [6, 6.07) is 1.57. The van der Waals surface area contributed by atoms with Gasteiger partial charge >= 0.3 is 52.7 Å². The lowest BCUT2D eigenvalue weighted by Gasteiger charge is -2.42. The van der Waals surface area contributed by atoms with Crippen LogP contribution in [-0.2, 0) is 4.79 Å². The number of nitrogens with zero attached hydrogens (tertiary/aromatic N) is 1. The van der Waals surface area contributed by atoms with Gasteiger partial charge in [-0.1, -0.05) is 6.07 Å². The van der Waals surface area contributed by atoms with Crippen molar-refractivity contribution in [1.29, 1.82) is 0 Å². The van der Waals surface area contributed by atoms with E-state index in [9.17, 15) is 85.2 Å². The van der Waals surface area contributed by atoms with Crippen LogP contribution in [0.2, 0.25) is 0 Å². The van der Waals surface area contributed by atoms with Crippen molar-refractivity contribution >= 4 is 28.9 Å².